The van der Waals surface area contributed by atoms with Crippen LogP contribution in [0.15, 0.2) is 61.1 Å². The van der Waals surface area contributed by atoms with E-state index < -0.39 is 0 Å². The SMILES string of the molecule is CC1(C)CCNc2cc(NC(=O)c3cccnc3NC(c3ccncc3)N3CCOCC3)ccc21. The van der Waals surface area contributed by atoms with Crippen molar-refractivity contribution < 1.29 is 9.53 Å². The van der Waals surface area contributed by atoms with E-state index in [1.54, 1.807) is 30.7 Å². The van der Waals surface area contributed by atoms with E-state index in [2.05, 4.69) is 50.7 Å². The van der Waals surface area contributed by atoms with Crippen molar-refractivity contribution in [2.75, 3.05) is 48.8 Å². The molecule has 0 spiro atoms. The number of nitrogens with one attached hydrogen (secondary N) is 3. The lowest BCUT2D eigenvalue weighted by atomic mass is 9.78. The van der Waals surface area contributed by atoms with Gasteiger partial charge in [-0.3, -0.25) is 14.7 Å². The number of amides is 1. The third-order valence-electron chi connectivity index (χ3n) is 6.83. The Kier molecular flexibility index (Phi) is 6.66. The highest BCUT2D eigenvalue weighted by atomic mass is 16.5. The van der Waals surface area contributed by atoms with Crippen molar-refractivity contribution in [1.29, 1.82) is 0 Å². The fourth-order valence-corrected chi connectivity index (χ4v) is 4.80. The van der Waals surface area contributed by atoms with Crippen LogP contribution in [0.2, 0.25) is 0 Å². The van der Waals surface area contributed by atoms with E-state index in [0.29, 0.717) is 24.6 Å². The highest BCUT2D eigenvalue weighted by Crippen LogP contribution is 2.38. The van der Waals surface area contributed by atoms with Crippen LogP contribution in [0, 0.1) is 0 Å². The standard InChI is InChI=1S/C27H32N6O2/c1-27(2)9-13-29-23-18-20(5-6-22(23)27)31-26(34)21-4-3-10-30-24(21)32-25(19-7-11-28-12-8-19)33-14-16-35-17-15-33/h3-8,10-12,18,25,29H,9,13-17H2,1-2H3,(H,30,32)(H,31,34). The summed E-state index contributed by atoms with van der Waals surface area (Å²) in [7, 11) is 0. The van der Waals surface area contributed by atoms with E-state index in [4.69, 9.17) is 4.74 Å². The predicted molar refractivity (Wildman–Crippen MR) is 138 cm³/mol. The number of pyridine rings is 2. The topological polar surface area (TPSA) is 91.4 Å². The first-order valence-electron chi connectivity index (χ1n) is 12.1. The molecule has 2 aliphatic rings. The number of anilines is 3. The van der Waals surface area contributed by atoms with Gasteiger partial charge in [-0.05, 0) is 59.4 Å². The van der Waals surface area contributed by atoms with Crippen LogP contribution in [-0.4, -0.2) is 53.6 Å². The van der Waals surface area contributed by atoms with Gasteiger partial charge in [0.15, 0.2) is 0 Å². The van der Waals surface area contributed by atoms with Gasteiger partial charge in [-0.15, -0.1) is 0 Å². The largest absolute Gasteiger partial charge is 0.385 e. The number of nitrogens with zero attached hydrogens (tertiary/aromatic N) is 3. The molecule has 35 heavy (non-hydrogen) atoms. The second kappa shape index (κ2) is 10.0. The van der Waals surface area contributed by atoms with Gasteiger partial charge < -0.3 is 20.7 Å². The molecule has 5 rings (SSSR count). The van der Waals surface area contributed by atoms with Crippen molar-refractivity contribution >= 4 is 23.1 Å². The van der Waals surface area contributed by atoms with E-state index in [1.165, 1.54) is 5.56 Å². The minimum Gasteiger partial charge on any atom is -0.385 e. The van der Waals surface area contributed by atoms with Crippen LogP contribution >= 0.6 is 0 Å². The molecule has 1 amide bonds. The van der Waals surface area contributed by atoms with E-state index in [0.717, 1.165) is 43.0 Å². The van der Waals surface area contributed by atoms with E-state index in [9.17, 15) is 4.79 Å². The van der Waals surface area contributed by atoms with Crippen LogP contribution in [0.1, 0.15) is 47.9 Å². The number of carbonyl (C=O) groups is 1. The van der Waals surface area contributed by atoms with Crippen molar-refractivity contribution in [2.24, 2.45) is 0 Å². The Labute approximate surface area is 206 Å². The van der Waals surface area contributed by atoms with Gasteiger partial charge in [0.05, 0.1) is 18.8 Å². The Morgan fingerprint density at radius 2 is 1.91 bits per heavy atom. The first-order valence-corrected chi connectivity index (χ1v) is 12.1. The summed E-state index contributed by atoms with van der Waals surface area (Å²) < 4.78 is 5.55. The number of benzene rings is 1. The quantitative estimate of drug-likeness (QED) is 0.494. The minimum absolute atomic E-state index is 0.116. The number of rotatable bonds is 6. The summed E-state index contributed by atoms with van der Waals surface area (Å²) in [5.74, 6) is 0.335. The van der Waals surface area contributed by atoms with Crippen molar-refractivity contribution in [2.45, 2.75) is 31.8 Å². The van der Waals surface area contributed by atoms with Gasteiger partial charge in [0.25, 0.3) is 5.91 Å². The summed E-state index contributed by atoms with van der Waals surface area (Å²) in [6.45, 7) is 8.34. The zero-order valence-corrected chi connectivity index (χ0v) is 20.3. The van der Waals surface area contributed by atoms with Crippen LogP contribution < -0.4 is 16.0 Å². The molecule has 1 aromatic carbocycles. The summed E-state index contributed by atoms with van der Waals surface area (Å²) in [5, 5.41) is 10.1. The van der Waals surface area contributed by atoms with Crippen molar-refractivity contribution in [3.63, 3.8) is 0 Å². The molecular weight excluding hydrogens is 440 g/mol. The number of aromatic nitrogens is 2. The third kappa shape index (κ3) is 5.13. The number of morpholine rings is 1. The lowest BCUT2D eigenvalue weighted by molar-refractivity contribution is 0.0216. The van der Waals surface area contributed by atoms with Gasteiger partial charge in [0.1, 0.15) is 12.0 Å². The van der Waals surface area contributed by atoms with Crippen LogP contribution in [0.25, 0.3) is 0 Å². The predicted octanol–water partition coefficient (Wildman–Crippen LogP) is 4.27. The Morgan fingerprint density at radius 3 is 2.71 bits per heavy atom. The van der Waals surface area contributed by atoms with Gasteiger partial charge in [-0.25, -0.2) is 4.98 Å². The Balaban J connectivity index is 1.39. The average molecular weight is 473 g/mol. The third-order valence-corrected chi connectivity index (χ3v) is 6.83. The first-order chi connectivity index (χ1) is 17.0. The lowest BCUT2D eigenvalue weighted by Crippen LogP contribution is -2.42. The van der Waals surface area contributed by atoms with Crippen LogP contribution in [-0.2, 0) is 10.2 Å². The van der Waals surface area contributed by atoms with Crippen molar-refractivity contribution in [3.8, 4) is 0 Å². The number of hydrogen-bond donors (Lipinski definition) is 3. The molecule has 4 heterocycles. The normalized spacial score (nSPS) is 18.1. The summed E-state index contributed by atoms with van der Waals surface area (Å²) in [6, 6.07) is 13.7. The Bertz CT molecular complexity index is 1180. The molecule has 0 aliphatic carbocycles. The molecule has 2 aliphatic heterocycles. The molecule has 3 aromatic rings. The van der Waals surface area contributed by atoms with Crippen molar-refractivity contribution in [3.05, 3.63) is 77.7 Å². The monoisotopic (exact) mass is 472 g/mol. The first kappa shape index (κ1) is 23.3. The highest BCUT2D eigenvalue weighted by molar-refractivity contribution is 6.07. The van der Waals surface area contributed by atoms with Gasteiger partial charge >= 0.3 is 0 Å². The summed E-state index contributed by atoms with van der Waals surface area (Å²) in [5.41, 5.74) is 4.77. The summed E-state index contributed by atoms with van der Waals surface area (Å²) in [4.78, 5) is 24.4. The molecule has 8 nitrogen and oxygen atoms in total. The van der Waals surface area contributed by atoms with Crippen molar-refractivity contribution in [1.82, 2.24) is 14.9 Å². The van der Waals surface area contributed by atoms with Crippen LogP contribution in [0.5, 0.6) is 0 Å². The van der Waals surface area contributed by atoms with Crippen LogP contribution in [0.3, 0.4) is 0 Å². The molecule has 1 atom stereocenters. The molecule has 1 unspecified atom stereocenters. The second-order valence-corrected chi connectivity index (χ2v) is 9.65. The fourth-order valence-electron chi connectivity index (χ4n) is 4.80. The molecule has 8 heteroatoms. The maximum absolute atomic E-state index is 13.4. The van der Waals surface area contributed by atoms with E-state index in [1.807, 2.05) is 24.3 Å². The second-order valence-electron chi connectivity index (χ2n) is 9.65. The number of carbonyl (C=O) groups excluding carboxylic acids is 1. The molecule has 0 saturated carbocycles. The highest BCUT2D eigenvalue weighted by Gasteiger charge is 2.28. The number of hydrogen-bond acceptors (Lipinski definition) is 7. The summed E-state index contributed by atoms with van der Waals surface area (Å²) in [6.07, 6.45) is 6.19. The zero-order valence-electron chi connectivity index (χ0n) is 20.3. The van der Waals surface area contributed by atoms with Gasteiger partial charge in [-0.1, -0.05) is 19.9 Å². The smallest absolute Gasteiger partial charge is 0.259 e. The number of ether oxygens (including phenoxy) is 1. The molecule has 1 fully saturated rings. The maximum Gasteiger partial charge on any atom is 0.259 e. The fraction of sp³-hybridized carbons (Fsp3) is 0.370. The van der Waals surface area contributed by atoms with E-state index in [-0.39, 0.29) is 17.5 Å². The van der Waals surface area contributed by atoms with Crippen LogP contribution in [0.4, 0.5) is 17.2 Å². The molecule has 3 N–H and O–H groups in total. The molecular formula is C27H32N6O2. The number of fused-ring (bicyclic) bond motifs is 1. The summed E-state index contributed by atoms with van der Waals surface area (Å²) >= 11 is 0. The van der Waals surface area contributed by atoms with Gasteiger partial charge in [0.2, 0.25) is 0 Å². The molecule has 0 bridgehead atoms. The van der Waals surface area contributed by atoms with Gasteiger partial charge in [-0.2, -0.15) is 0 Å². The molecule has 1 saturated heterocycles. The molecule has 182 valence electrons. The Morgan fingerprint density at radius 1 is 1.11 bits per heavy atom. The Hall–Kier alpha value is -3.49. The average Bonchev–Trinajstić information content (AvgIpc) is 2.88. The van der Waals surface area contributed by atoms with E-state index >= 15 is 0 Å². The zero-order chi connectivity index (χ0) is 24.3. The molecule has 2 aromatic heterocycles. The van der Waals surface area contributed by atoms with Gasteiger partial charge in [0, 0.05) is 49.6 Å². The molecule has 0 radical (unpaired) electrons. The lowest BCUT2D eigenvalue weighted by Gasteiger charge is -2.35. The minimum atomic E-state index is -0.203. The maximum atomic E-state index is 13.4.